The van der Waals surface area contributed by atoms with Gasteiger partial charge in [-0.05, 0) is 36.8 Å². The van der Waals surface area contributed by atoms with E-state index < -0.39 is 16.2 Å². The van der Waals surface area contributed by atoms with Crippen LogP contribution in [-0.2, 0) is 10.1 Å². The number of hydrogen-bond donors (Lipinski definition) is 1. The van der Waals surface area contributed by atoms with Gasteiger partial charge < -0.3 is 0 Å². The topological polar surface area (TPSA) is 54.4 Å². The fraction of sp³-hybridized carbons (Fsp3) is 0.455. The maximum Gasteiger partial charge on any atom is 0.294 e. The second kappa shape index (κ2) is 5.10. The van der Waals surface area contributed by atoms with Crippen LogP contribution in [0, 0.1) is 5.41 Å². The van der Waals surface area contributed by atoms with E-state index in [0.717, 1.165) is 6.08 Å². The number of halogens is 2. The van der Waals surface area contributed by atoms with Crippen LogP contribution in [0.4, 0.5) is 8.78 Å². The van der Waals surface area contributed by atoms with Crippen LogP contribution < -0.4 is 0 Å². The summed E-state index contributed by atoms with van der Waals surface area (Å²) in [5.74, 6) is 0. The summed E-state index contributed by atoms with van der Waals surface area (Å²) in [6, 6.07) is 0. The molecular formula is C11H14F2O3S. The molecule has 1 aliphatic rings. The summed E-state index contributed by atoms with van der Waals surface area (Å²) in [5.41, 5.74) is -0.347. The molecule has 3 nitrogen and oxygen atoms in total. The maximum absolute atomic E-state index is 11.9. The van der Waals surface area contributed by atoms with E-state index in [1.807, 2.05) is 6.92 Å². The second-order valence-electron chi connectivity index (χ2n) is 4.31. The minimum absolute atomic E-state index is 0.137. The summed E-state index contributed by atoms with van der Waals surface area (Å²) in [6.45, 7) is 1.85. The fourth-order valence-corrected chi connectivity index (χ4v) is 2.17. The maximum atomic E-state index is 11.9. The molecule has 0 aromatic heterocycles. The lowest BCUT2D eigenvalue weighted by Crippen LogP contribution is -2.16. The van der Waals surface area contributed by atoms with Gasteiger partial charge in [0.1, 0.15) is 0 Å². The van der Waals surface area contributed by atoms with E-state index in [9.17, 15) is 17.2 Å². The van der Waals surface area contributed by atoms with Crippen LogP contribution in [0.25, 0.3) is 0 Å². The normalized spacial score (nSPS) is 24.4. The smallest absolute Gasteiger partial charge is 0.282 e. The van der Waals surface area contributed by atoms with E-state index in [0.29, 0.717) is 12.8 Å². The predicted molar refractivity (Wildman–Crippen MR) is 61.0 cm³/mol. The van der Waals surface area contributed by atoms with Gasteiger partial charge in [0.05, 0.1) is 4.91 Å². The highest BCUT2D eigenvalue weighted by molar-refractivity contribution is 7.90. The largest absolute Gasteiger partial charge is 0.294 e. The Bertz CT molecular complexity index is 473. The third-order valence-corrected chi connectivity index (χ3v) is 3.63. The van der Waals surface area contributed by atoms with E-state index in [4.69, 9.17) is 4.55 Å². The Morgan fingerprint density at radius 2 is 2.24 bits per heavy atom. The van der Waals surface area contributed by atoms with Gasteiger partial charge in [-0.25, -0.2) is 0 Å². The highest BCUT2D eigenvalue weighted by Crippen LogP contribution is 2.35. The van der Waals surface area contributed by atoms with Crippen molar-refractivity contribution in [3.63, 3.8) is 0 Å². The van der Waals surface area contributed by atoms with Crippen molar-refractivity contribution < 1.29 is 21.8 Å². The third-order valence-electron chi connectivity index (χ3n) is 2.73. The van der Waals surface area contributed by atoms with Gasteiger partial charge in [0, 0.05) is 0 Å². The molecule has 0 spiro atoms. The molecule has 0 aromatic rings. The highest BCUT2D eigenvalue weighted by atomic mass is 32.2. The first-order valence-electron chi connectivity index (χ1n) is 5.11. The molecule has 1 unspecified atom stereocenters. The summed E-state index contributed by atoms with van der Waals surface area (Å²) < 4.78 is 54.2. The van der Waals surface area contributed by atoms with E-state index in [1.54, 1.807) is 6.08 Å². The summed E-state index contributed by atoms with van der Waals surface area (Å²) in [4.78, 5) is -0.137. The van der Waals surface area contributed by atoms with Crippen LogP contribution >= 0.6 is 0 Å². The first-order chi connectivity index (χ1) is 7.73. The van der Waals surface area contributed by atoms with Crippen LogP contribution in [0.15, 0.2) is 35.3 Å². The fourth-order valence-electron chi connectivity index (χ4n) is 1.64. The van der Waals surface area contributed by atoms with Crippen molar-refractivity contribution >= 4 is 10.1 Å². The molecule has 1 rings (SSSR count). The van der Waals surface area contributed by atoms with Crippen molar-refractivity contribution in [3.05, 3.63) is 35.3 Å². The molecule has 0 bridgehead atoms. The molecule has 17 heavy (non-hydrogen) atoms. The molecule has 0 saturated heterocycles. The minimum Gasteiger partial charge on any atom is -0.282 e. The van der Waals surface area contributed by atoms with E-state index in [2.05, 4.69) is 0 Å². The monoisotopic (exact) mass is 264 g/mol. The van der Waals surface area contributed by atoms with Crippen molar-refractivity contribution in [3.8, 4) is 0 Å². The second-order valence-corrected chi connectivity index (χ2v) is 5.73. The lowest BCUT2D eigenvalue weighted by atomic mass is 9.80. The molecule has 0 aliphatic heterocycles. The molecular weight excluding hydrogens is 250 g/mol. The van der Waals surface area contributed by atoms with Crippen molar-refractivity contribution in [2.75, 3.05) is 0 Å². The number of rotatable bonds is 4. The van der Waals surface area contributed by atoms with Crippen LogP contribution in [0.2, 0.25) is 0 Å². The summed E-state index contributed by atoms with van der Waals surface area (Å²) in [5, 5.41) is 0. The zero-order valence-electron chi connectivity index (χ0n) is 9.36. The van der Waals surface area contributed by atoms with Crippen LogP contribution in [0.5, 0.6) is 0 Å². The zero-order chi connectivity index (χ0) is 13.1. The summed E-state index contributed by atoms with van der Waals surface area (Å²) >= 11 is 0. The Balaban J connectivity index is 2.65. The van der Waals surface area contributed by atoms with Gasteiger partial charge in [-0.3, -0.25) is 4.55 Å². The van der Waals surface area contributed by atoms with Gasteiger partial charge in [-0.2, -0.15) is 17.2 Å². The molecule has 0 radical (unpaired) electrons. The molecule has 1 aliphatic carbocycles. The first-order valence-corrected chi connectivity index (χ1v) is 6.55. The first kappa shape index (κ1) is 14.1. The van der Waals surface area contributed by atoms with Crippen molar-refractivity contribution in [1.29, 1.82) is 0 Å². The van der Waals surface area contributed by atoms with Crippen LogP contribution in [-0.4, -0.2) is 13.0 Å². The van der Waals surface area contributed by atoms with Gasteiger partial charge in [-0.1, -0.05) is 19.1 Å². The molecule has 0 aromatic carbocycles. The van der Waals surface area contributed by atoms with E-state index in [1.165, 1.54) is 12.2 Å². The Morgan fingerprint density at radius 1 is 1.59 bits per heavy atom. The average Bonchev–Trinajstić information content (AvgIpc) is 2.15. The molecule has 1 atom stereocenters. The van der Waals surface area contributed by atoms with Gasteiger partial charge in [0.15, 0.2) is 0 Å². The number of allylic oxidation sites excluding steroid dienone is 4. The van der Waals surface area contributed by atoms with Crippen molar-refractivity contribution in [1.82, 2.24) is 0 Å². The quantitative estimate of drug-likeness (QED) is 0.793. The lowest BCUT2D eigenvalue weighted by molar-refractivity contribution is 0.382. The minimum atomic E-state index is -4.17. The Kier molecular flexibility index (Phi) is 4.21. The highest BCUT2D eigenvalue weighted by Gasteiger charge is 2.25. The van der Waals surface area contributed by atoms with Gasteiger partial charge >= 0.3 is 0 Å². The number of hydrogen-bond acceptors (Lipinski definition) is 2. The molecule has 6 heteroatoms. The van der Waals surface area contributed by atoms with E-state index >= 15 is 0 Å². The van der Waals surface area contributed by atoms with Crippen molar-refractivity contribution in [2.45, 2.75) is 26.2 Å². The molecule has 0 amide bonds. The molecule has 0 heterocycles. The SMILES string of the molecule is CC1(CCC=C(F)F)C=CC(S(=O)(=O)O)=CC1. The summed E-state index contributed by atoms with van der Waals surface area (Å²) in [7, 11) is -4.17. The predicted octanol–water partition coefficient (Wildman–Crippen LogP) is 3.28. The Morgan fingerprint density at radius 3 is 2.65 bits per heavy atom. The van der Waals surface area contributed by atoms with Crippen LogP contribution in [0.3, 0.4) is 0 Å². The molecule has 0 saturated carbocycles. The van der Waals surface area contributed by atoms with E-state index in [-0.39, 0.29) is 16.7 Å². The Hall–Kier alpha value is -1.01. The third kappa shape index (κ3) is 4.40. The Labute approximate surface area is 99.3 Å². The lowest BCUT2D eigenvalue weighted by Gasteiger charge is -2.26. The van der Waals surface area contributed by atoms with Crippen molar-refractivity contribution in [2.24, 2.45) is 5.41 Å². The van der Waals surface area contributed by atoms with Gasteiger partial charge in [-0.15, -0.1) is 0 Å². The zero-order valence-corrected chi connectivity index (χ0v) is 10.2. The van der Waals surface area contributed by atoms with Gasteiger partial charge in [0.25, 0.3) is 16.2 Å². The van der Waals surface area contributed by atoms with Crippen LogP contribution in [0.1, 0.15) is 26.2 Å². The average molecular weight is 264 g/mol. The standard InChI is InChI=1S/C11H14F2O3S/c1-11(6-2-3-10(12)13)7-4-9(5-8-11)17(14,15)16/h3-5,7H,2,6,8H2,1H3,(H,14,15,16). The molecule has 1 N–H and O–H groups in total. The molecule has 96 valence electrons. The molecule has 0 fully saturated rings. The summed E-state index contributed by atoms with van der Waals surface area (Å²) in [6.07, 6.45) is 4.64. The van der Waals surface area contributed by atoms with Gasteiger partial charge in [0.2, 0.25) is 0 Å².